The minimum atomic E-state index is -1.89. The van der Waals surface area contributed by atoms with Gasteiger partial charge in [0.05, 0.1) is 0 Å². The van der Waals surface area contributed by atoms with Crippen molar-refractivity contribution < 1.29 is 13.6 Å². The maximum Gasteiger partial charge on any atom is 0.697 e. The molecule has 0 fully saturated rings. The van der Waals surface area contributed by atoms with E-state index in [0.29, 0.717) is 13.2 Å². The Morgan fingerprint density at radius 1 is 0.545 bits per heavy atom. The van der Waals surface area contributed by atoms with Crippen LogP contribution in [-0.2, 0) is 13.6 Å². The fraction of sp³-hybridized carbons (Fsp3) is 1.00. The van der Waals surface area contributed by atoms with E-state index in [4.69, 9.17) is 9.05 Å². The highest BCUT2D eigenvalue weighted by Gasteiger charge is 2.18. The molecule has 0 spiro atoms. The van der Waals surface area contributed by atoms with Gasteiger partial charge in [0.2, 0.25) is 0 Å². The van der Waals surface area contributed by atoms with Gasteiger partial charge in [0, 0.05) is 4.57 Å². The van der Waals surface area contributed by atoms with Crippen LogP contribution in [0.1, 0.15) is 104 Å². The summed E-state index contributed by atoms with van der Waals surface area (Å²) in [6.45, 7) is 5.60. The van der Waals surface area contributed by atoms with Crippen molar-refractivity contribution in [2.45, 2.75) is 104 Å². The summed E-state index contributed by atoms with van der Waals surface area (Å²) in [5.74, 6) is 0. The molecule has 0 atom stereocenters. The Balaban J connectivity index is 3.13. The van der Waals surface area contributed by atoms with Crippen LogP contribution in [0.4, 0.5) is 0 Å². The van der Waals surface area contributed by atoms with Gasteiger partial charge in [0.25, 0.3) is 0 Å². The summed E-state index contributed by atoms with van der Waals surface area (Å²) in [6.07, 6.45) is 17.4. The van der Waals surface area contributed by atoms with Crippen molar-refractivity contribution in [3.8, 4) is 0 Å². The SMILES string of the molecule is CCCCCCCCCO[P+](=O)OCCCCCCCCC. The molecule has 0 aromatic heterocycles. The molecule has 22 heavy (non-hydrogen) atoms. The molecule has 4 heteroatoms. The van der Waals surface area contributed by atoms with Crippen molar-refractivity contribution in [1.29, 1.82) is 0 Å². The molecule has 0 radical (unpaired) electrons. The van der Waals surface area contributed by atoms with Gasteiger partial charge in [-0.2, -0.15) is 0 Å². The Morgan fingerprint density at radius 2 is 0.864 bits per heavy atom. The van der Waals surface area contributed by atoms with Gasteiger partial charge in [-0.1, -0.05) is 90.9 Å². The van der Waals surface area contributed by atoms with Crippen LogP contribution in [-0.4, -0.2) is 13.2 Å². The van der Waals surface area contributed by atoms with Crippen LogP contribution in [0.25, 0.3) is 0 Å². The average Bonchev–Trinajstić information content (AvgIpc) is 2.52. The summed E-state index contributed by atoms with van der Waals surface area (Å²) < 4.78 is 21.9. The van der Waals surface area contributed by atoms with E-state index in [0.717, 1.165) is 12.8 Å². The predicted octanol–water partition coefficient (Wildman–Crippen LogP) is 7.18. The molecule has 0 aromatic carbocycles. The Morgan fingerprint density at radius 3 is 1.23 bits per heavy atom. The predicted molar refractivity (Wildman–Crippen MR) is 95.5 cm³/mol. The lowest BCUT2D eigenvalue weighted by Crippen LogP contribution is -1.92. The standard InChI is InChI=1S/C18H38O3P/c1-3-5-7-9-11-13-15-17-20-22(19)21-18-16-14-12-10-8-6-4-2/h3-18H2,1-2H3/q+1. The molecule has 0 bridgehead atoms. The molecule has 0 saturated carbocycles. The minimum absolute atomic E-state index is 0.569. The molecule has 0 aliphatic carbocycles. The first-order valence-corrected chi connectivity index (χ1v) is 10.6. The zero-order chi connectivity index (χ0) is 16.3. The van der Waals surface area contributed by atoms with Gasteiger partial charge in [-0.15, -0.1) is 9.05 Å². The molecule has 0 aliphatic rings. The summed E-state index contributed by atoms with van der Waals surface area (Å²) >= 11 is 0. The molecule has 0 unspecified atom stereocenters. The molecule has 0 rings (SSSR count). The zero-order valence-electron chi connectivity index (χ0n) is 15.0. The number of hydrogen-bond donors (Lipinski definition) is 0. The number of rotatable bonds is 18. The summed E-state index contributed by atoms with van der Waals surface area (Å²) in [7, 11) is -1.89. The normalized spacial score (nSPS) is 11.0. The van der Waals surface area contributed by atoms with E-state index >= 15 is 0 Å². The lowest BCUT2D eigenvalue weighted by Gasteiger charge is -1.99. The molecule has 0 N–H and O–H groups in total. The monoisotopic (exact) mass is 333 g/mol. The third-order valence-electron chi connectivity index (χ3n) is 3.89. The first-order valence-electron chi connectivity index (χ1n) is 9.54. The second kappa shape index (κ2) is 19.1. The highest BCUT2D eigenvalue weighted by molar-refractivity contribution is 7.33. The van der Waals surface area contributed by atoms with Crippen molar-refractivity contribution in [3.63, 3.8) is 0 Å². The Labute approximate surface area is 139 Å². The van der Waals surface area contributed by atoms with Crippen LogP contribution >= 0.6 is 8.25 Å². The van der Waals surface area contributed by atoms with E-state index in [1.165, 1.54) is 77.0 Å². The van der Waals surface area contributed by atoms with Crippen molar-refractivity contribution in [2.75, 3.05) is 13.2 Å². The van der Waals surface area contributed by atoms with Gasteiger partial charge in [-0.05, 0) is 12.8 Å². The maximum atomic E-state index is 11.5. The first kappa shape index (κ1) is 22.0. The summed E-state index contributed by atoms with van der Waals surface area (Å²) in [5, 5.41) is 0. The van der Waals surface area contributed by atoms with Crippen LogP contribution in [0.2, 0.25) is 0 Å². The fourth-order valence-electron chi connectivity index (χ4n) is 2.43. The van der Waals surface area contributed by atoms with Gasteiger partial charge < -0.3 is 0 Å². The minimum Gasteiger partial charge on any atom is -0.119 e. The molecule has 132 valence electrons. The lowest BCUT2D eigenvalue weighted by atomic mass is 10.1. The Kier molecular flexibility index (Phi) is 19.1. The van der Waals surface area contributed by atoms with E-state index in [9.17, 15) is 4.57 Å². The summed E-state index contributed by atoms with van der Waals surface area (Å²) in [4.78, 5) is 0. The maximum absolute atomic E-state index is 11.5. The van der Waals surface area contributed by atoms with E-state index < -0.39 is 8.25 Å². The lowest BCUT2D eigenvalue weighted by molar-refractivity contribution is 0.218. The Hall–Kier alpha value is 0.0200. The molecular weight excluding hydrogens is 295 g/mol. The highest BCUT2D eigenvalue weighted by Crippen LogP contribution is 2.24. The number of unbranched alkanes of at least 4 members (excludes halogenated alkanes) is 12. The summed E-state index contributed by atoms with van der Waals surface area (Å²) in [6, 6.07) is 0. The van der Waals surface area contributed by atoms with Crippen LogP contribution in [0, 0.1) is 0 Å². The van der Waals surface area contributed by atoms with Gasteiger partial charge in [0.1, 0.15) is 13.2 Å². The van der Waals surface area contributed by atoms with Crippen LogP contribution in [0.15, 0.2) is 0 Å². The molecule has 0 saturated heterocycles. The molecule has 3 nitrogen and oxygen atoms in total. The molecule has 0 amide bonds. The number of hydrogen-bond acceptors (Lipinski definition) is 3. The third kappa shape index (κ3) is 18.1. The van der Waals surface area contributed by atoms with Gasteiger partial charge >= 0.3 is 8.25 Å². The van der Waals surface area contributed by atoms with Crippen LogP contribution in [0.5, 0.6) is 0 Å². The van der Waals surface area contributed by atoms with Crippen molar-refractivity contribution >= 4 is 8.25 Å². The average molecular weight is 333 g/mol. The molecule has 0 aromatic rings. The van der Waals surface area contributed by atoms with E-state index in [1.807, 2.05) is 0 Å². The van der Waals surface area contributed by atoms with Crippen molar-refractivity contribution in [3.05, 3.63) is 0 Å². The largest absolute Gasteiger partial charge is 0.697 e. The van der Waals surface area contributed by atoms with Crippen LogP contribution in [0.3, 0.4) is 0 Å². The van der Waals surface area contributed by atoms with Gasteiger partial charge in [0.15, 0.2) is 0 Å². The molecule has 0 aliphatic heterocycles. The van der Waals surface area contributed by atoms with Crippen molar-refractivity contribution in [1.82, 2.24) is 0 Å². The Bertz CT molecular complexity index is 212. The van der Waals surface area contributed by atoms with Gasteiger partial charge in [-0.25, -0.2) is 0 Å². The van der Waals surface area contributed by atoms with E-state index in [2.05, 4.69) is 13.8 Å². The second-order valence-corrected chi connectivity index (χ2v) is 7.10. The quantitative estimate of drug-likeness (QED) is 0.197. The zero-order valence-corrected chi connectivity index (χ0v) is 15.9. The smallest absolute Gasteiger partial charge is 0.119 e. The van der Waals surface area contributed by atoms with E-state index in [1.54, 1.807) is 0 Å². The molecule has 0 heterocycles. The highest BCUT2D eigenvalue weighted by atomic mass is 31.1. The second-order valence-electron chi connectivity index (χ2n) is 6.13. The van der Waals surface area contributed by atoms with Crippen LogP contribution < -0.4 is 0 Å². The van der Waals surface area contributed by atoms with Gasteiger partial charge in [-0.3, -0.25) is 0 Å². The summed E-state index contributed by atoms with van der Waals surface area (Å²) in [5.41, 5.74) is 0. The third-order valence-corrected chi connectivity index (χ3v) is 4.68. The van der Waals surface area contributed by atoms with E-state index in [-0.39, 0.29) is 0 Å². The van der Waals surface area contributed by atoms with Crippen molar-refractivity contribution in [2.24, 2.45) is 0 Å². The first-order chi connectivity index (χ1) is 10.8. The topological polar surface area (TPSA) is 35.5 Å². The molecular formula is C18H38O3P+. The fourth-order valence-corrected chi connectivity index (χ4v) is 3.06.